The molecule has 5 rings (SSSR count). The minimum atomic E-state index is -0.637. The van der Waals surface area contributed by atoms with E-state index in [4.69, 9.17) is 4.74 Å². The van der Waals surface area contributed by atoms with Crippen molar-refractivity contribution in [1.29, 1.82) is 0 Å². The summed E-state index contributed by atoms with van der Waals surface area (Å²) in [5, 5.41) is 11.4. The third kappa shape index (κ3) is 4.63. The van der Waals surface area contributed by atoms with Gasteiger partial charge in [-0.15, -0.1) is 0 Å². The number of amides is 1. The van der Waals surface area contributed by atoms with Gasteiger partial charge in [0.2, 0.25) is 0 Å². The lowest BCUT2D eigenvalue weighted by Crippen LogP contribution is -2.40. The van der Waals surface area contributed by atoms with E-state index in [0.717, 1.165) is 48.8 Å². The van der Waals surface area contributed by atoms with Crippen LogP contribution in [0.25, 0.3) is 5.76 Å². The van der Waals surface area contributed by atoms with Crippen molar-refractivity contribution in [2.75, 3.05) is 0 Å². The second kappa shape index (κ2) is 10.4. The van der Waals surface area contributed by atoms with Gasteiger partial charge in [0, 0.05) is 24.0 Å². The number of likely N-dealkylation sites (tertiary alicyclic amines) is 1. The number of rotatable bonds is 6. The molecular weight excluding hydrogens is 452 g/mol. The molecule has 6 heteroatoms. The second-order valence-electron chi connectivity index (χ2n) is 9.53. The van der Waals surface area contributed by atoms with E-state index in [-0.39, 0.29) is 17.4 Å². The number of aromatic nitrogens is 1. The lowest BCUT2D eigenvalue weighted by atomic mass is 9.91. The number of hydrogen-bond donors (Lipinski definition) is 1. The lowest BCUT2D eigenvalue weighted by Gasteiger charge is -2.35. The first-order valence-electron chi connectivity index (χ1n) is 12.5. The summed E-state index contributed by atoms with van der Waals surface area (Å²) < 4.78 is 5.97. The van der Waals surface area contributed by atoms with Gasteiger partial charge in [0.05, 0.1) is 11.6 Å². The van der Waals surface area contributed by atoms with E-state index in [1.807, 2.05) is 49.4 Å². The fourth-order valence-corrected chi connectivity index (χ4v) is 5.31. The second-order valence-corrected chi connectivity index (χ2v) is 9.53. The highest BCUT2D eigenvalue weighted by Gasteiger charge is 2.48. The zero-order valence-electron chi connectivity index (χ0n) is 20.4. The van der Waals surface area contributed by atoms with E-state index in [1.165, 1.54) is 0 Å². The van der Waals surface area contributed by atoms with Crippen molar-refractivity contribution in [3.63, 3.8) is 0 Å². The van der Waals surface area contributed by atoms with Crippen LogP contribution in [0, 0.1) is 6.92 Å². The summed E-state index contributed by atoms with van der Waals surface area (Å²) in [6.45, 7) is 2.33. The fraction of sp³-hybridized carbons (Fsp3) is 0.300. The highest BCUT2D eigenvalue weighted by Crippen LogP contribution is 2.43. The number of ether oxygens (including phenoxy) is 1. The average molecular weight is 483 g/mol. The third-order valence-electron chi connectivity index (χ3n) is 7.16. The molecule has 1 amide bonds. The normalized spacial score (nSPS) is 20.0. The Balaban J connectivity index is 1.50. The molecular formula is C30H30N2O4. The first kappa shape index (κ1) is 23.8. The molecule has 2 heterocycles. The largest absolute Gasteiger partial charge is 0.507 e. The van der Waals surface area contributed by atoms with E-state index in [1.54, 1.807) is 35.5 Å². The molecule has 2 fully saturated rings. The molecule has 1 aromatic heterocycles. The molecule has 1 unspecified atom stereocenters. The van der Waals surface area contributed by atoms with Crippen LogP contribution in [0.15, 0.2) is 78.6 Å². The molecule has 36 heavy (non-hydrogen) atoms. The van der Waals surface area contributed by atoms with E-state index in [9.17, 15) is 14.7 Å². The van der Waals surface area contributed by atoms with Crippen LogP contribution in [0.1, 0.15) is 60.4 Å². The summed E-state index contributed by atoms with van der Waals surface area (Å²) in [5.74, 6) is -0.637. The Hall–Kier alpha value is -3.93. The lowest BCUT2D eigenvalue weighted by molar-refractivity contribution is -0.141. The van der Waals surface area contributed by atoms with E-state index >= 15 is 0 Å². The van der Waals surface area contributed by atoms with Gasteiger partial charge in [0.1, 0.15) is 18.1 Å². The predicted octanol–water partition coefficient (Wildman–Crippen LogP) is 5.72. The Morgan fingerprint density at radius 2 is 1.72 bits per heavy atom. The molecule has 6 nitrogen and oxygen atoms in total. The summed E-state index contributed by atoms with van der Waals surface area (Å²) in [6.07, 6.45) is 8.22. The van der Waals surface area contributed by atoms with Crippen LogP contribution in [-0.4, -0.2) is 32.7 Å². The van der Waals surface area contributed by atoms with Crippen molar-refractivity contribution < 1.29 is 19.4 Å². The van der Waals surface area contributed by atoms with Gasteiger partial charge in [-0.1, -0.05) is 49.6 Å². The first-order chi connectivity index (χ1) is 17.5. The van der Waals surface area contributed by atoms with Gasteiger partial charge in [0.15, 0.2) is 0 Å². The van der Waals surface area contributed by atoms with Crippen molar-refractivity contribution in [2.24, 2.45) is 0 Å². The number of pyridine rings is 1. The molecule has 3 aromatic rings. The Morgan fingerprint density at radius 1 is 1.00 bits per heavy atom. The van der Waals surface area contributed by atoms with E-state index in [0.29, 0.717) is 17.9 Å². The topological polar surface area (TPSA) is 79.7 Å². The number of Topliss-reactive ketones (excluding diaryl/α,β-unsaturated/α-hetero) is 1. The van der Waals surface area contributed by atoms with Crippen molar-refractivity contribution >= 4 is 17.4 Å². The Morgan fingerprint density at radius 3 is 2.42 bits per heavy atom. The number of carbonyl (C=O) groups is 2. The molecule has 1 N–H and O–H groups in total. The maximum Gasteiger partial charge on any atom is 0.295 e. The van der Waals surface area contributed by atoms with Gasteiger partial charge in [-0.2, -0.15) is 0 Å². The number of nitrogens with zero attached hydrogens (tertiary/aromatic N) is 2. The third-order valence-corrected chi connectivity index (χ3v) is 7.16. The molecule has 0 spiro atoms. The highest BCUT2D eigenvalue weighted by molar-refractivity contribution is 6.46. The highest BCUT2D eigenvalue weighted by atomic mass is 16.5. The van der Waals surface area contributed by atoms with Crippen molar-refractivity contribution in [1.82, 2.24) is 9.88 Å². The predicted molar refractivity (Wildman–Crippen MR) is 137 cm³/mol. The number of carbonyl (C=O) groups excluding carboxylic acids is 2. The van der Waals surface area contributed by atoms with E-state index < -0.39 is 17.7 Å². The SMILES string of the molecule is Cc1cc(/C(O)=C2\C(=O)C(=O)N(C3CCCCC3)C2c2ccncc2)ccc1OCc1ccccc1. The number of hydrogen-bond acceptors (Lipinski definition) is 5. The summed E-state index contributed by atoms with van der Waals surface area (Å²) >= 11 is 0. The maximum absolute atomic E-state index is 13.3. The monoisotopic (exact) mass is 482 g/mol. The zero-order chi connectivity index (χ0) is 25.1. The molecule has 1 atom stereocenters. The van der Waals surface area contributed by atoms with Crippen molar-refractivity contribution in [3.8, 4) is 5.75 Å². The van der Waals surface area contributed by atoms with Gasteiger partial charge in [-0.3, -0.25) is 14.6 Å². The Kier molecular flexibility index (Phi) is 6.85. The minimum absolute atomic E-state index is 0.0193. The number of aryl methyl sites for hydroxylation is 1. The zero-order valence-corrected chi connectivity index (χ0v) is 20.4. The molecule has 184 valence electrons. The van der Waals surface area contributed by atoms with Gasteiger partial charge in [0.25, 0.3) is 11.7 Å². The standard InChI is InChI=1S/C30H30N2O4/c1-20-18-23(12-13-25(20)36-19-21-8-4-2-5-9-21)28(33)26-27(22-14-16-31-17-15-22)32(30(35)29(26)34)24-10-6-3-7-11-24/h2,4-5,8-9,12-18,24,27,33H,3,6-7,10-11,19H2,1H3/b28-26+. The number of benzene rings is 2. The molecule has 1 aliphatic heterocycles. The molecule has 1 aliphatic carbocycles. The van der Waals surface area contributed by atoms with Crippen LogP contribution >= 0.6 is 0 Å². The molecule has 1 saturated heterocycles. The Bertz CT molecular complexity index is 1280. The van der Waals surface area contributed by atoms with Crippen LogP contribution in [0.3, 0.4) is 0 Å². The van der Waals surface area contributed by atoms with Crippen molar-refractivity contribution in [3.05, 3.63) is 101 Å². The van der Waals surface area contributed by atoms with Crippen LogP contribution in [-0.2, 0) is 16.2 Å². The molecule has 2 aliphatic rings. The quantitative estimate of drug-likeness (QED) is 0.276. The van der Waals surface area contributed by atoms with Crippen LogP contribution < -0.4 is 4.74 Å². The molecule has 2 aromatic carbocycles. The maximum atomic E-state index is 13.3. The summed E-state index contributed by atoms with van der Waals surface area (Å²) in [4.78, 5) is 32.4. The fourth-order valence-electron chi connectivity index (χ4n) is 5.31. The molecule has 0 bridgehead atoms. The Labute approximate surface area is 211 Å². The van der Waals surface area contributed by atoms with Crippen LogP contribution in [0.2, 0.25) is 0 Å². The van der Waals surface area contributed by atoms with Gasteiger partial charge >= 0.3 is 0 Å². The summed E-state index contributed by atoms with van der Waals surface area (Å²) in [5.41, 5.74) is 3.28. The average Bonchev–Trinajstić information content (AvgIpc) is 3.19. The number of ketones is 1. The van der Waals surface area contributed by atoms with Crippen LogP contribution in [0.4, 0.5) is 0 Å². The van der Waals surface area contributed by atoms with Gasteiger partial charge in [-0.25, -0.2) is 0 Å². The first-order valence-corrected chi connectivity index (χ1v) is 12.5. The van der Waals surface area contributed by atoms with Crippen LogP contribution in [0.5, 0.6) is 5.75 Å². The van der Waals surface area contributed by atoms with Gasteiger partial charge < -0.3 is 14.7 Å². The van der Waals surface area contributed by atoms with Gasteiger partial charge in [-0.05, 0) is 66.8 Å². The smallest absolute Gasteiger partial charge is 0.295 e. The minimum Gasteiger partial charge on any atom is -0.507 e. The molecule has 0 radical (unpaired) electrons. The number of aliphatic hydroxyl groups excluding tert-OH is 1. The summed E-state index contributed by atoms with van der Waals surface area (Å²) in [7, 11) is 0. The molecule has 1 saturated carbocycles. The van der Waals surface area contributed by atoms with E-state index in [2.05, 4.69) is 4.98 Å². The van der Waals surface area contributed by atoms with Crippen molar-refractivity contribution in [2.45, 2.75) is 57.7 Å². The number of aliphatic hydroxyl groups is 1. The summed E-state index contributed by atoms with van der Waals surface area (Å²) in [6, 6.07) is 18.2.